The molecule has 4 heteroatoms. The Morgan fingerprint density at radius 1 is 1.07 bits per heavy atom. The highest BCUT2D eigenvalue weighted by Gasteiger charge is 2.74. The molecule has 29 heavy (non-hydrogen) atoms. The minimum atomic E-state index is -0.838. The zero-order valence-corrected chi connectivity index (χ0v) is 18.2. The molecule has 1 aromatic carbocycles. The van der Waals surface area contributed by atoms with Gasteiger partial charge in [0.05, 0.1) is 6.10 Å². The van der Waals surface area contributed by atoms with Crippen molar-refractivity contribution in [1.82, 2.24) is 0 Å². The average Bonchev–Trinajstić information content (AvgIpc) is 3.20. The van der Waals surface area contributed by atoms with Gasteiger partial charge in [0.25, 0.3) is 5.79 Å². The summed E-state index contributed by atoms with van der Waals surface area (Å²) < 4.78 is 12.5. The van der Waals surface area contributed by atoms with Crippen molar-refractivity contribution in [2.75, 3.05) is 7.11 Å². The van der Waals surface area contributed by atoms with Crippen molar-refractivity contribution >= 4 is 0 Å². The first-order chi connectivity index (χ1) is 14.1. The van der Waals surface area contributed by atoms with E-state index in [4.69, 9.17) is 19.2 Å². The highest BCUT2D eigenvalue weighted by atomic mass is 17.3. The summed E-state index contributed by atoms with van der Waals surface area (Å²) in [5.41, 5.74) is 0.644. The zero-order valence-electron chi connectivity index (χ0n) is 18.2. The van der Waals surface area contributed by atoms with Gasteiger partial charge in [-0.3, -0.25) is 0 Å². The van der Waals surface area contributed by atoms with Crippen LogP contribution in [0.1, 0.15) is 77.2 Å². The summed E-state index contributed by atoms with van der Waals surface area (Å²) in [6.45, 7) is 4.68. The summed E-state index contributed by atoms with van der Waals surface area (Å²) in [5, 5.41) is 0. The van der Waals surface area contributed by atoms with E-state index < -0.39 is 11.4 Å². The van der Waals surface area contributed by atoms with E-state index in [1.807, 2.05) is 0 Å². The molecule has 6 unspecified atom stereocenters. The minimum absolute atomic E-state index is 0.342. The molecule has 1 aromatic rings. The van der Waals surface area contributed by atoms with E-state index in [1.54, 1.807) is 7.11 Å². The summed E-state index contributed by atoms with van der Waals surface area (Å²) in [5.74, 6) is 2.57. The van der Waals surface area contributed by atoms with Gasteiger partial charge in [-0.1, -0.05) is 32.4 Å². The average molecular weight is 401 g/mol. The topological polar surface area (TPSA) is 36.9 Å². The monoisotopic (exact) mass is 400 g/mol. The van der Waals surface area contributed by atoms with Crippen LogP contribution in [0, 0.1) is 23.7 Å². The third-order valence-electron chi connectivity index (χ3n) is 8.28. The molecule has 0 aromatic heterocycles. The van der Waals surface area contributed by atoms with Gasteiger partial charge in [-0.2, -0.15) is 4.89 Å². The van der Waals surface area contributed by atoms with Crippen LogP contribution in [0.3, 0.4) is 0 Å². The van der Waals surface area contributed by atoms with Crippen LogP contribution in [0.15, 0.2) is 24.3 Å². The molecule has 1 heterocycles. The van der Waals surface area contributed by atoms with Crippen LogP contribution in [0.2, 0.25) is 0 Å². The van der Waals surface area contributed by atoms with E-state index in [9.17, 15) is 0 Å². The summed E-state index contributed by atoms with van der Waals surface area (Å²) in [6.07, 6.45) is 11.3. The molecular weight excluding hydrogens is 364 g/mol. The lowest BCUT2D eigenvalue weighted by Gasteiger charge is -2.65. The normalized spacial score (nSPS) is 42.0. The number of benzene rings is 1. The van der Waals surface area contributed by atoms with Crippen molar-refractivity contribution in [3.05, 3.63) is 29.8 Å². The highest BCUT2D eigenvalue weighted by molar-refractivity contribution is 5.35. The summed E-state index contributed by atoms with van der Waals surface area (Å²) in [6, 6.07) is 8.40. The van der Waals surface area contributed by atoms with Gasteiger partial charge in [0.15, 0.2) is 5.60 Å². The van der Waals surface area contributed by atoms with Crippen LogP contribution in [-0.4, -0.2) is 18.8 Å². The van der Waals surface area contributed by atoms with E-state index in [0.29, 0.717) is 17.9 Å². The fraction of sp³-hybridized carbons (Fsp3) is 0.760. The summed E-state index contributed by atoms with van der Waals surface area (Å²) >= 11 is 0. The molecule has 160 valence electrons. The van der Waals surface area contributed by atoms with Gasteiger partial charge in [0.1, 0.15) is 5.75 Å². The van der Waals surface area contributed by atoms with E-state index in [0.717, 1.165) is 42.4 Å². The lowest BCUT2D eigenvalue weighted by atomic mass is 9.53. The van der Waals surface area contributed by atoms with Crippen molar-refractivity contribution in [2.24, 2.45) is 23.7 Å². The molecule has 6 atom stereocenters. The molecule has 1 spiro atoms. The van der Waals surface area contributed by atoms with Crippen LogP contribution < -0.4 is 4.74 Å². The van der Waals surface area contributed by atoms with Crippen LogP contribution in [-0.2, 0) is 20.3 Å². The molecule has 4 aliphatic rings. The quantitative estimate of drug-likeness (QED) is 0.569. The van der Waals surface area contributed by atoms with Gasteiger partial charge in [-0.25, -0.2) is 4.89 Å². The smallest absolute Gasteiger partial charge is 0.260 e. The van der Waals surface area contributed by atoms with E-state index in [1.165, 1.54) is 38.5 Å². The van der Waals surface area contributed by atoms with E-state index >= 15 is 0 Å². The van der Waals surface area contributed by atoms with Crippen molar-refractivity contribution in [3.63, 3.8) is 0 Å². The van der Waals surface area contributed by atoms with Crippen molar-refractivity contribution in [3.8, 4) is 5.75 Å². The molecule has 2 bridgehead atoms. The Hall–Kier alpha value is -1.10. The summed E-state index contributed by atoms with van der Waals surface area (Å²) in [7, 11) is 1.78. The first-order valence-electron chi connectivity index (χ1n) is 11.8. The summed E-state index contributed by atoms with van der Waals surface area (Å²) in [4.78, 5) is 12.1. The fourth-order valence-corrected chi connectivity index (χ4v) is 7.11. The molecule has 5 rings (SSSR count). The number of hydrogen-bond donors (Lipinski definition) is 0. The SMILES string of the molecule is CCC1CC2CC(C)CC(C2)C12OOC2(OC)c1cccc(OC2CCCC2)c1. The lowest BCUT2D eigenvalue weighted by molar-refractivity contribution is -0.642. The van der Waals surface area contributed by atoms with Crippen molar-refractivity contribution in [2.45, 2.75) is 89.1 Å². The maximum Gasteiger partial charge on any atom is 0.260 e. The standard InChI is InChI=1S/C25H36O4/c1-4-19-14-18-12-17(2)13-21(15-18)24(19)25(26-3,29-28-24)20-8-7-11-23(16-20)27-22-9-5-6-10-22/h7-8,11,16-19,21-22H,4-6,9-10,12-15H2,1-3H3. The van der Waals surface area contributed by atoms with Crippen LogP contribution in [0.25, 0.3) is 0 Å². The highest BCUT2D eigenvalue weighted by Crippen LogP contribution is 2.65. The van der Waals surface area contributed by atoms with E-state index in [-0.39, 0.29) is 0 Å². The van der Waals surface area contributed by atoms with E-state index in [2.05, 4.69) is 38.1 Å². The van der Waals surface area contributed by atoms with Gasteiger partial charge in [0, 0.05) is 12.7 Å². The number of methoxy groups -OCH3 is 1. The Kier molecular flexibility index (Phi) is 5.16. The van der Waals surface area contributed by atoms with Gasteiger partial charge >= 0.3 is 0 Å². The lowest BCUT2D eigenvalue weighted by Crippen LogP contribution is -2.74. The Bertz CT molecular complexity index is 723. The van der Waals surface area contributed by atoms with Gasteiger partial charge in [-0.05, 0) is 87.2 Å². The Labute approximate surface area is 175 Å². The largest absolute Gasteiger partial charge is 0.490 e. The first kappa shape index (κ1) is 19.8. The maximum absolute atomic E-state index is 6.30. The Morgan fingerprint density at radius 3 is 2.59 bits per heavy atom. The molecule has 0 amide bonds. The second kappa shape index (κ2) is 7.55. The maximum atomic E-state index is 6.30. The number of fused-ring (bicyclic) bond motifs is 3. The molecule has 3 saturated carbocycles. The van der Waals surface area contributed by atoms with Gasteiger partial charge in [0.2, 0.25) is 0 Å². The molecule has 4 fully saturated rings. The number of hydrogen-bond acceptors (Lipinski definition) is 4. The zero-order chi connectivity index (χ0) is 20.1. The Balaban J connectivity index is 1.50. The number of ether oxygens (including phenoxy) is 2. The van der Waals surface area contributed by atoms with Crippen molar-refractivity contribution < 1.29 is 19.2 Å². The first-order valence-corrected chi connectivity index (χ1v) is 11.8. The molecule has 3 aliphatic carbocycles. The molecule has 1 aliphatic heterocycles. The Morgan fingerprint density at radius 2 is 1.90 bits per heavy atom. The predicted molar refractivity (Wildman–Crippen MR) is 111 cm³/mol. The minimum Gasteiger partial charge on any atom is -0.490 e. The molecule has 1 saturated heterocycles. The molecule has 0 radical (unpaired) electrons. The molecule has 4 nitrogen and oxygen atoms in total. The molecular formula is C25H36O4. The van der Waals surface area contributed by atoms with Crippen molar-refractivity contribution in [1.29, 1.82) is 0 Å². The third kappa shape index (κ3) is 2.97. The van der Waals surface area contributed by atoms with Crippen LogP contribution in [0.4, 0.5) is 0 Å². The second-order valence-electron chi connectivity index (χ2n) is 10.0. The van der Waals surface area contributed by atoms with Crippen LogP contribution >= 0.6 is 0 Å². The molecule has 0 N–H and O–H groups in total. The second-order valence-corrected chi connectivity index (χ2v) is 10.0. The third-order valence-corrected chi connectivity index (χ3v) is 8.28. The number of rotatable bonds is 5. The van der Waals surface area contributed by atoms with Gasteiger partial charge < -0.3 is 9.47 Å². The van der Waals surface area contributed by atoms with Crippen LogP contribution in [0.5, 0.6) is 5.75 Å². The fourth-order valence-electron chi connectivity index (χ4n) is 7.11. The predicted octanol–water partition coefficient (Wildman–Crippen LogP) is 5.99. The van der Waals surface area contributed by atoms with Gasteiger partial charge in [-0.15, -0.1) is 0 Å².